The van der Waals surface area contributed by atoms with Gasteiger partial charge in [-0.15, -0.1) is 0 Å². The zero-order valence-electron chi connectivity index (χ0n) is 14.1. The Morgan fingerprint density at radius 3 is 2.46 bits per heavy atom. The molecule has 0 aliphatic carbocycles. The van der Waals surface area contributed by atoms with Crippen LogP contribution in [0.1, 0.15) is 10.4 Å². The molecule has 0 atom stereocenters. The van der Waals surface area contributed by atoms with Crippen molar-refractivity contribution in [2.75, 3.05) is 43.4 Å². The van der Waals surface area contributed by atoms with Crippen LogP contribution in [0.2, 0.25) is 5.02 Å². The van der Waals surface area contributed by atoms with Gasteiger partial charge in [0, 0.05) is 38.3 Å². The van der Waals surface area contributed by atoms with Crippen molar-refractivity contribution < 1.29 is 9.72 Å². The summed E-state index contributed by atoms with van der Waals surface area (Å²) in [5.41, 5.74) is 0.383. The first-order chi connectivity index (χ1) is 12.4. The number of aromatic nitrogens is 2. The largest absolute Gasteiger partial charge is 0.338 e. The van der Waals surface area contributed by atoms with Crippen LogP contribution >= 0.6 is 11.6 Å². The fourth-order valence-electron chi connectivity index (χ4n) is 2.56. The fraction of sp³-hybridized carbons (Fsp3) is 0.312. The lowest BCUT2D eigenvalue weighted by Crippen LogP contribution is -2.45. The molecule has 1 fully saturated rings. The maximum absolute atomic E-state index is 12.3. The van der Waals surface area contributed by atoms with E-state index < -0.39 is 10.8 Å². The molecule has 1 aromatic carbocycles. The van der Waals surface area contributed by atoms with Gasteiger partial charge in [0.25, 0.3) is 11.6 Å². The molecule has 0 spiro atoms. The van der Waals surface area contributed by atoms with Crippen LogP contribution in [0.4, 0.5) is 17.3 Å². The minimum absolute atomic E-state index is 0.00618. The first-order valence-corrected chi connectivity index (χ1v) is 8.32. The number of piperazine rings is 1. The summed E-state index contributed by atoms with van der Waals surface area (Å²) in [6.07, 6.45) is 3.05. The molecule has 0 radical (unpaired) electrons. The number of anilines is 2. The van der Waals surface area contributed by atoms with Gasteiger partial charge in [-0.3, -0.25) is 14.9 Å². The summed E-state index contributed by atoms with van der Waals surface area (Å²) in [4.78, 5) is 35.4. The number of nitrogens with zero attached hydrogens (tertiary/aromatic N) is 5. The summed E-state index contributed by atoms with van der Waals surface area (Å²) in [5.74, 6) is 0.130. The van der Waals surface area contributed by atoms with Gasteiger partial charge in [-0.2, -0.15) is 0 Å². The van der Waals surface area contributed by atoms with Gasteiger partial charge in [0.05, 0.1) is 33.6 Å². The van der Waals surface area contributed by atoms with Gasteiger partial charge in [-0.25, -0.2) is 9.97 Å². The van der Waals surface area contributed by atoms with Crippen LogP contribution in [0.3, 0.4) is 0 Å². The Labute approximate surface area is 154 Å². The van der Waals surface area contributed by atoms with Crippen molar-refractivity contribution in [1.82, 2.24) is 14.9 Å². The summed E-state index contributed by atoms with van der Waals surface area (Å²) in [6, 6.07) is 3.69. The quantitative estimate of drug-likeness (QED) is 0.643. The Morgan fingerprint density at radius 1 is 1.23 bits per heavy atom. The number of hydrogen-bond donors (Lipinski definition) is 1. The Balaban J connectivity index is 1.67. The van der Waals surface area contributed by atoms with Gasteiger partial charge in [0.15, 0.2) is 0 Å². The lowest BCUT2D eigenvalue weighted by Gasteiger charge is -2.32. The molecule has 9 nitrogen and oxygen atoms in total. The molecule has 26 heavy (non-hydrogen) atoms. The summed E-state index contributed by atoms with van der Waals surface area (Å²) in [5, 5.41) is 13.4. The van der Waals surface area contributed by atoms with Gasteiger partial charge in [-0.05, 0) is 13.1 Å². The lowest BCUT2D eigenvalue weighted by molar-refractivity contribution is -0.384. The van der Waals surface area contributed by atoms with Gasteiger partial charge in [-0.1, -0.05) is 11.6 Å². The smallest absolute Gasteiger partial charge is 0.270 e. The molecule has 2 heterocycles. The van der Waals surface area contributed by atoms with E-state index in [1.54, 1.807) is 0 Å². The highest BCUT2D eigenvalue weighted by molar-refractivity contribution is 6.34. The van der Waals surface area contributed by atoms with Crippen molar-refractivity contribution in [3.63, 3.8) is 0 Å². The van der Waals surface area contributed by atoms with E-state index in [0.29, 0.717) is 11.6 Å². The van der Waals surface area contributed by atoms with E-state index in [1.807, 2.05) is 0 Å². The number of nitrogens with one attached hydrogen (secondary N) is 1. The van der Waals surface area contributed by atoms with Gasteiger partial charge < -0.3 is 15.1 Å². The van der Waals surface area contributed by atoms with E-state index in [4.69, 9.17) is 11.6 Å². The number of nitro groups is 1. The molecule has 10 heteroatoms. The highest BCUT2D eigenvalue weighted by atomic mass is 35.5. The maximum Gasteiger partial charge on any atom is 0.270 e. The third-order valence-electron chi connectivity index (χ3n) is 4.09. The molecular weight excluding hydrogens is 360 g/mol. The number of non-ortho nitro benzene ring substituents is 1. The molecule has 1 aliphatic heterocycles. The average molecular weight is 377 g/mol. The Bertz CT molecular complexity index is 821. The monoisotopic (exact) mass is 376 g/mol. The Kier molecular flexibility index (Phi) is 5.29. The summed E-state index contributed by atoms with van der Waals surface area (Å²) in [6.45, 7) is 3.59. The minimum Gasteiger partial charge on any atom is -0.338 e. The summed E-state index contributed by atoms with van der Waals surface area (Å²) in [7, 11) is 2.07. The third-order valence-corrected chi connectivity index (χ3v) is 4.40. The van der Waals surface area contributed by atoms with E-state index in [0.717, 1.165) is 32.2 Å². The first-order valence-electron chi connectivity index (χ1n) is 7.95. The number of likely N-dealkylation sites (N-methyl/N-ethyl adjacent to an activating group) is 1. The first kappa shape index (κ1) is 18.0. The highest BCUT2D eigenvalue weighted by Crippen LogP contribution is 2.23. The summed E-state index contributed by atoms with van der Waals surface area (Å²) < 4.78 is 0. The van der Waals surface area contributed by atoms with Crippen LogP contribution < -0.4 is 10.2 Å². The SMILES string of the molecule is CN1CCN(c2ncc(NC(=O)c3ccc([N+](=O)[O-])cc3Cl)cn2)CC1. The van der Waals surface area contributed by atoms with Gasteiger partial charge in [0.2, 0.25) is 5.95 Å². The number of amides is 1. The average Bonchev–Trinajstić information content (AvgIpc) is 2.63. The fourth-order valence-corrected chi connectivity index (χ4v) is 2.82. The zero-order chi connectivity index (χ0) is 18.7. The van der Waals surface area contributed by atoms with E-state index in [-0.39, 0.29) is 16.3 Å². The molecule has 1 aliphatic rings. The molecular formula is C16H17ClN6O3. The normalized spacial score (nSPS) is 14.9. The summed E-state index contributed by atoms with van der Waals surface area (Å²) >= 11 is 5.97. The van der Waals surface area contributed by atoms with Gasteiger partial charge in [0.1, 0.15) is 0 Å². The maximum atomic E-state index is 12.3. The number of carbonyl (C=O) groups excluding carboxylic acids is 1. The highest BCUT2D eigenvalue weighted by Gasteiger charge is 2.18. The molecule has 1 saturated heterocycles. The van der Waals surface area contributed by atoms with E-state index in [2.05, 4.69) is 32.1 Å². The third kappa shape index (κ3) is 4.06. The molecule has 1 N–H and O–H groups in total. The molecule has 136 valence electrons. The number of nitro benzene ring substituents is 1. The van der Waals surface area contributed by atoms with Crippen LogP contribution in [0.5, 0.6) is 0 Å². The number of benzene rings is 1. The Morgan fingerprint density at radius 2 is 1.88 bits per heavy atom. The second-order valence-electron chi connectivity index (χ2n) is 5.94. The van der Waals surface area contributed by atoms with Crippen molar-refractivity contribution in [3.05, 3.63) is 51.3 Å². The number of rotatable bonds is 4. The van der Waals surface area contributed by atoms with Crippen molar-refractivity contribution in [3.8, 4) is 0 Å². The number of hydrogen-bond acceptors (Lipinski definition) is 7. The second-order valence-corrected chi connectivity index (χ2v) is 6.34. The molecule has 1 aromatic heterocycles. The standard InChI is InChI=1S/C16H17ClN6O3/c1-21-4-6-22(7-5-21)16-18-9-11(10-19-16)20-15(24)13-3-2-12(23(25)26)8-14(13)17/h2-3,8-10H,4-7H2,1H3,(H,20,24). The topological polar surface area (TPSA) is 104 Å². The predicted octanol–water partition coefficient (Wildman–Crippen LogP) is 2.04. The van der Waals surface area contributed by atoms with Crippen molar-refractivity contribution in [2.24, 2.45) is 0 Å². The van der Waals surface area contributed by atoms with Crippen LogP contribution in [0.25, 0.3) is 0 Å². The van der Waals surface area contributed by atoms with Gasteiger partial charge >= 0.3 is 0 Å². The second kappa shape index (κ2) is 7.63. The molecule has 0 unspecified atom stereocenters. The molecule has 0 saturated carbocycles. The van der Waals surface area contributed by atoms with Crippen LogP contribution in [0.15, 0.2) is 30.6 Å². The van der Waals surface area contributed by atoms with Crippen LogP contribution in [-0.2, 0) is 0 Å². The van der Waals surface area contributed by atoms with E-state index in [1.165, 1.54) is 24.5 Å². The molecule has 3 rings (SSSR count). The molecule has 2 aromatic rings. The minimum atomic E-state index is -0.571. The van der Waals surface area contributed by atoms with Crippen molar-refractivity contribution >= 4 is 34.8 Å². The van der Waals surface area contributed by atoms with Crippen LogP contribution in [0, 0.1) is 10.1 Å². The molecule has 0 bridgehead atoms. The molecule has 1 amide bonds. The Hall–Kier alpha value is -2.78. The van der Waals surface area contributed by atoms with E-state index >= 15 is 0 Å². The van der Waals surface area contributed by atoms with E-state index in [9.17, 15) is 14.9 Å². The van der Waals surface area contributed by atoms with Crippen LogP contribution in [-0.4, -0.2) is 58.9 Å². The predicted molar refractivity (Wildman–Crippen MR) is 97.8 cm³/mol. The number of carbonyl (C=O) groups is 1. The number of halogens is 1. The lowest BCUT2D eigenvalue weighted by atomic mass is 10.2. The zero-order valence-corrected chi connectivity index (χ0v) is 14.8. The van der Waals surface area contributed by atoms with Crippen molar-refractivity contribution in [2.45, 2.75) is 0 Å². The van der Waals surface area contributed by atoms with Crippen molar-refractivity contribution in [1.29, 1.82) is 0 Å².